The van der Waals surface area contributed by atoms with Crippen molar-refractivity contribution in [1.82, 2.24) is 5.32 Å². The molecule has 2 aromatic carbocycles. The maximum absolute atomic E-state index is 5.63. The fourth-order valence-corrected chi connectivity index (χ4v) is 2.61. The third-order valence-electron chi connectivity index (χ3n) is 4.11. The van der Waals surface area contributed by atoms with Gasteiger partial charge in [-0.05, 0) is 49.8 Å². The third-order valence-corrected chi connectivity index (χ3v) is 4.11. The Hall–Kier alpha value is -1.68. The van der Waals surface area contributed by atoms with E-state index in [1.54, 1.807) is 0 Å². The summed E-state index contributed by atoms with van der Waals surface area (Å²) in [5.74, 6) is 0. The number of nitrogens with one attached hydrogen (secondary N) is 1. The summed E-state index contributed by atoms with van der Waals surface area (Å²) in [6, 6.07) is 22.0. The number of hydrogen-bond acceptors (Lipinski definition) is 3. The molecule has 27 heavy (non-hydrogen) atoms. The smallest absolute Gasteiger partial charge is 0.00771 e. The second kappa shape index (κ2) is 19.1. The second-order valence-electron chi connectivity index (χ2n) is 6.28. The fraction of sp³-hybridized carbons (Fsp3) is 0.500. The topological polar surface area (TPSA) is 64.1 Å². The Morgan fingerprint density at radius 1 is 0.741 bits per heavy atom. The minimum absolute atomic E-state index is 0.536. The van der Waals surface area contributed by atoms with Gasteiger partial charge in [0.25, 0.3) is 0 Å². The van der Waals surface area contributed by atoms with Crippen LogP contribution in [-0.4, -0.2) is 25.7 Å². The van der Waals surface area contributed by atoms with Crippen LogP contribution in [0.1, 0.15) is 51.2 Å². The first kappa shape index (κ1) is 25.3. The molecular weight excluding hydrogens is 330 g/mol. The predicted molar refractivity (Wildman–Crippen MR) is 121 cm³/mol. The molecule has 0 radical (unpaired) electrons. The molecule has 0 aliphatic carbocycles. The molecular formula is C24H41N3. The molecule has 3 heteroatoms. The fourth-order valence-electron chi connectivity index (χ4n) is 2.61. The number of hydrogen-bond donors (Lipinski definition) is 3. The minimum atomic E-state index is 0.536. The van der Waals surface area contributed by atoms with Crippen molar-refractivity contribution >= 4 is 0 Å². The Morgan fingerprint density at radius 2 is 1.15 bits per heavy atom. The van der Waals surface area contributed by atoms with Crippen molar-refractivity contribution in [2.45, 2.75) is 58.9 Å². The first-order chi connectivity index (χ1) is 13.3. The molecule has 5 N–H and O–H groups in total. The minimum Gasteiger partial charge on any atom is -0.330 e. The van der Waals surface area contributed by atoms with Crippen molar-refractivity contribution in [3.63, 3.8) is 0 Å². The summed E-state index contributed by atoms with van der Waals surface area (Å²) in [5.41, 5.74) is 13.5. The van der Waals surface area contributed by atoms with Crippen LogP contribution < -0.4 is 16.8 Å². The van der Waals surface area contributed by atoms with Crippen molar-refractivity contribution < 1.29 is 0 Å². The van der Waals surface area contributed by atoms with Crippen molar-refractivity contribution in [2.75, 3.05) is 19.6 Å². The molecule has 0 fully saturated rings. The monoisotopic (exact) mass is 371 g/mol. The van der Waals surface area contributed by atoms with E-state index in [1.807, 2.05) is 13.8 Å². The lowest BCUT2D eigenvalue weighted by molar-refractivity contribution is 0.458. The molecule has 0 unspecified atom stereocenters. The van der Waals surface area contributed by atoms with Crippen LogP contribution in [0.25, 0.3) is 0 Å². The van der Waals surface area contributed by atoms with Crippen LogP contribution in [0, 0.1) is 0 Å². The van der Waals surface area contributed by atoms with Crippen molar-refractivity contribution in [1.29, 1.82) is 0 Å². The van der Waals surface area contributed by atoms with E-state index in [4.69, 9.17) is 11.5 Å². The summed E-state index contributed by atoms with van der Waals surface area (Å²) in [6.07, 6.45) is 5.67. The first-order valence-corrected chi connectivity index (χ1v) is 10.5. The lowest BCUT2D eigenvalue weighted by Gasteiger charge is -2.18. The molecule has 152 valence electrons. The van der Waals surface area contributed by atoms with Gasteiger partial charge >= 0.3 is 0 Å². The van der Waals surface area contributed by atoms with E-state index >= 15 is 0 Å². The summed E-state index contributed by atoms with van der Waals surface area (Å²) >= 11 is 0. The van der Waals surface area contributed by atoms with Gasteiger partial charge < -0.3 is 16.8 Å². The number of aryl methyl sites for hydroxylation is 2. The number of benzene rings is 2. The van der Waals surface area contributed by atoms with Crippen LogP contribution in [0.5, 0.6) is 0 Å². The lowest BCUT2D eigenvalue weighted by Crippen LogP contribution is -2.34. The van der Waals surface area contributed by atoms with Crippen molar-refractivity contribution in [2.24, 2.45) is 11.5 Å². The number of nitrogens with two attached hydrogens (primary N) is 2. The van der Waals surface area contributed by atoms with Gasteiger partial charge in [0.2, 0.25) is 0 Å². The molecule has 0 aromatic heterocycles. The van der Waals surface area contributed by atoms with Gasteiger partial charge in [0.05, 0.1) is 0 Å². The highest BCUT2D eigenvalue weighted by atomic mass is 14.9. The Labute approximate surface area is 167 Å². The number of rotatable bonds is 10. The van der Waals surface area contributed by atoms with E-state index in [-0.39, 0.29) is 0 Å². The quantitative estimate of drug-likeness (QED) is 0.574. The van der Waals surface area contributed by atoms with E-state index in [0.717, 1.165) is 45.2 Å². The molecule has 0 saturated carbocycles. The van der Waals surface area contributed by atoms with Crippen LogP contribution in [0.15, 0.2) is 60.7 Å². The first-order valence-electron chi connectivity index (χ1n) is 10.5. The van der Waals surface area contributed by atoms with E-state index < -0.39 is 0 Å². The third kappa shape index (κ3) is 14.1. The summed E-state index contributed by atoms with van der Waals surface area (Å²) in [5, 5.41) is 3.58. The highest BCUT2D eigenvalue weighted by molar-refractivity contribution is 5.16. The van der Waals surface area contributed by atoms with Gasteiger partial charge in [-0.15, -0.1) is 0 Å². The molecule has 0 atom stereocenters. The van der Waals surface area contributed by atoms with E-state index in [1.165, 1.54) is 11.1 Å². The molecule has 0 heterocycles. The second-order valence-corrected chi connectivity index (χ2v) is 6.28. The zero-order chi connectivity index (χ0) is 20.2. The summed E-state index contributed by atoms with van der Waals surface area (Å²) in [6.45, 7) is 8.47. The zero-order valence-electron chi connectivity index (χ0n) is 17.7. The lowest BCUT2D eigenvalue weighted by atomic mass is 9.99. The largest absolute Gasteiger partial charge is 0.330 e. The van der Waals surface area contributed by atoms with Crippen LogP contribution in [0.2, 0.25) is 0 Å². The van der Waals surface area contributed by atoms with E-state index in [0.29, 0.717) is 12.6 Å². The zero-order valence-corrected chi connectivity index (χ0v) is 17.7. The normalized spacial score (nSPS) is 9.85. The molecule has 2 rings (SSSR count). The SMILES string of the molecule is CC.CCCN.NCCNC(CCc1ccccc1)CCc1ccccc1. The maximum atomic E-state index is 5.63. The van der Waals surface area contributed by atoms with E-state index in [2.05, 4.69) is 72.9 Å². The van der Waals surface area contributed by atoms with Gasteiger partial charge in [0.15, 0.2) is 0 Å². The van der Waals surface area contributed by atoms with Gasteiger partial charge in [0.1, 0.15) is 0 Å². The molecule has 0 spiro atoms. The van der Waals surface area contributed by atoms with Gasteiger partial charge in [-0.25, -0.2) is 0 Å². The van der Waals surface area contributed by atoms with Crippen LogP contribution in [0.3, 0.4) is 0 Å². The predicted octanol–water partition coefficient (Wildman–Crippen LogP) is 4.55. The van der Waals surface area contributed by atoms with E-state index in [9.17, 15) is 0 Å². The Bertz CT molecular complexity index is 468. The molecule has 0 aliphatic rings. The maximum Gasteiger partial charge on any atom is 0.00771 e. The van der Waals surface area contributed by atoms with Gasteiger partial charge in [-0.2, -0.15) is 0 Å². The molecule has 0 saturated heterocycles. The van der Waals surface area contributed by atoms with Gasteiger partial charge in [-0.1, -0.05) is 81.4 Å². The molecule has 0 aliphatic heterocycles. The Balaban J connectivity index is 0.000000998. The summed E-state index contributed by atoms with van der Waals surface area (Å²) < 4.78 is 0. The highest BCUT2D eigenvalue weighted by Gasteiger charge is 2.08. The Morgan fingerprint density at radius 3 is 1.48 bits per heavy atom. The van der Waals surface area contributed by atoms with Crippen LogP contribution >= 0.6 is 0 Å². The van der Waals surface area contributed by atoms with Crippen LogP contribution in [-0.2, 0) is 12.8 Å². The Kier molecular flexibility index (Phi) is 17.9. The van der Waals surface area contributed by atoms with Crippen LogP contribution in [0.4, 0.5) is 0 Å². The van der Waals surface area contributed by atoms with Crippen molar-refractivity contribution in [3.8, 4) is 0 Å². The molecule has 3 nitrogen and oxygen atoms in total. The summed E-state index contributed by atoms with van der Waals surface area (Å²) in [4.78, 5) is 0. The van der Waals surface area contributed by atoms with Crippen molar-refractivity contribution in [3.05, 3.63) is 71.8 Å². The molecule has 2 aromatic rings. The van der Waals surface area contributed by atoms with Gasteiger partial charge in [-0.3, -0.25) is 0 Å². The van der Waals surface area contributed by atoms with Gasteiger partial charge in [0, 0.05) is 19.1 Å². The summed E-state index contributed by atoms with van der Waals surface area (Å²) in [7, 11) is 0. The average Bonchev–Trinajstić information content (AvgIpc) is 2.76. The molecule has 0 bridgehead atoms. The highest BCUT2D eigenvalue weighted by Crippen LogP contribution is 2.11. The molecule has 0 amide bonds. The standard InChI is InChI=1S/C19H26N2.C3H9N.C2H6/c20-15-16-21-19(13-11-17-7-3-1-4-8-17)14-12-18-9-5-2-6-10-18;1-2-3-4;1-2/h1-10,19,21H,11-16,20H2;2-4H2,1H3;1-2H3. The average molecular weight is 372 g/mol.